The molecule has 2 aromatic rings. The third-order valence-corrected chi connectivity index (χ3v) is 9.40. The van der Waals surface area contributed by atoms with Gasteiger partial charge in [-0.05, 0) is 23.1 Å². The Balaban J connectivity index is 1.60. The molecule has 0 spiro atoms. The summed E-state index contributed by atoms with van der Waals surface area (Å²) in [6.07, 6.45) is 0.656. The van der Waals surface area contributed by atoms with Gasteiger partial charge in [-0.2, -0.15) is 0 Å². The van der Waals surface area contributed by atoms with Crippen molar-refractivity contribution in [3.63, 3.8) is 0 Å². The molecule has 2 atom stereocenters. The van der Waals surface area contributed by atoms with E-state index in [0.29, 0.717) is 24.3 Å². The van der Waals surface area contributed by atoms with Gasteiger partial charge in [-0.1, -0.05) is 18.2 Å². The molecule has 1 aromatic carbocycles. The maximum Gasteiger partial charge on any atom is 0.304 e. The zero-order valence-electron chi connectivity index (χ0n) is 15.8. The van der Waals surface area contributed by atoms with Gasteiger partial charge >= 0.3 is 5.97 Å². The number of halogens is 1. The van der Waals surface area contributed by atoms with Gasteiger partial charge in [-0.15, -0.1) is 23.1 Å². The van der Waals surface area contributed by atoms with Crippen molar-refractivity contribution in [2.75, 3.05) is 29.4 Å². The number of carboxylic acid groups (broad SMARTS) is 1. The van der Waals surface area contributed by atoms with Crippen molar-refractivity contribution in [2.45, 2.75) is 28.3 Å². The fourth-order valence-electron chi connectivity index (χ4n) is 3.62. The molecule has 2 unspecified atom stereocenters. The third-order valence-electron chi connectivity index (χ3n) is 4.91. The maximum absolute atomic E-state index is 13.3. The number of aliphatic imine (C=N–C) groups is 1. The van der Waals surface area contributed by atoms with Crippen LogP contribution in [0.5, 0.6) is 0 Å². The predicted molar refractivity (Wildman–Crippen MR) is 118 cm³/mol. The van der Waals surface area contributed by atoms with E-state index in [0.717, 1.165) is 26.2 Å². The van der Waals surface area contributed by atoms with Crippen LogP contribution in [0.15, 0.2) is 44.9 Å². The molecule has 0 bridgehead atoms. The number of aliphatic carboxylic acids is 1. The number of hydrogen-bond donors (Lipinski definition) is 2. The van der Waals surface area contributed by atoms with Crippen molar-refractivity contribution in [3.05, 3.63) is 41.3 Å². The van der Waals surface area contributed by atoms with Gasteiger partial charge in [0.2, 0.25) is 0 Å². The first kappa shape index (κ1) is 21.1. The minimum atomic E-state index is -3.88. The zero-order valence-corrected chi connectivity index (χ0v) is 18.3. The molecule has 0 radical (unpaired) electrons. The summed E-state index contributed by atoms with van der Waals surface area (Å²) in [5.74, 6) is -0.852. The second kappa shape index (κ2) is 8.56. The van der Waals surface area contributed by atoms with Gasteiger partial charge in [0.15, 0.2) is 0 Å². The first-order chi connectivity index (χ1) is 14.4. The van der Waals surface area contributed by atoms with E-state index in [1.807, 2.05) is 6.07 Å². The SMILES string of the molecule is O=C(O)CC1CN=C(C2Cc3cccc(N(CCF)S(=O)(=O)c4cccs4)c3N2)S1. The smallest absolute Gasteiger partial charge is 0.304 e. The van der Waals surface area contributed by atoms with Crippen molar-refractivity contribution in [1.29, 1.82) is 0 Å². The molecule has 2 aliphatic rings. The summed E-state index contributed by atoms with van der Waals surface area (Å²) in [5.41, 5.74) is 1.99. The molecular formula is C19H20FN3O4S3. The van der Waals surface area contributed by atoms with E-state index < -0.39 is 22.7 Å². The molecule has 0 saturated heterocycles. The Morgan fingerprint density at radius 3 is 2.87 bits per heavy atom. The van der Waals surface area contributed by atoms with E-state index in [-0.39, 0.29) is 28.5 Å². The number of sulfonamides is 1. The number of thiophene rings is 1. The van der Waals surface area contributed by atoms with Gasteiger partial charge in [0.1, 0.15) is 10.9 Å². The maximum atomic E-state index is 13.3. The van der Waals surface area contributed by atoms with Crippen LogP contribution in [0.25, 0.3) is 0 Å². The number of anilines is 2. The van der Waals surface area contributed by atoms with Gasteiger partial charge < -0.3 is 10.4 Å². The highest BCUT2D eigenvalue weighted by Crippen LogP contribution is 2.40. The fourth-order valence-corrected chi connectivity index (χ4v) is 7.35. The Morgan fingerprint density at radius 1 is 1.33 bits per heavy atom. The molecule has 4 rings (SSSR count). The summed E-state index contributed by atoms with van der Waals surface area (Å²) in [5, 5.41) is 14.8. The first-order valence-corrected chi connectivity index (χ1v) is 12.5. The van der Waals surface area contributed by atoms with E-state index in [2.05, 4.69) is 10.3 Å². The number of carboxylic acids is 1. The predicted octanol–water partition coefficient (Wildman–Crippen LogP) is 3.24. The van der Waals surface area contributed by atoms with E-state index in [1.165, 1.54) is 17.8 Å². The van der Waals surface area contributed by atoms with Crippen LogP contribution >= 0.6 is 23.1 Å². The van der Waals surface area contributed by atoms with Crippen LogP contribution in [0.2, 0.25) is 0 Å². The lowest BCUT2D eigenvalue weighted by molar-refractivity contribution is -0.136. The summed E-state index contributed by atoms with van der Waals surface area (Å²) in [4.78, 5) is 15.5. The Hall–Kier alpha value is -2.11. The van der Waals surface area contributed by atoms with Crippen LogP contribution in [-0.2, 0) is 21.2 Å². The fraction of sp³-hybridized carbons (Fsp3) is 0.368. The van der Waals surface area contributed by atoms with Crippen molar-refractivity contribution in [2.24, 2.45) is 4.99 Å². The molecule has 0 saturated carbocycles. The highest BCUT2D eigenvalue weighted by molar-refractivity contribution is 8.15. The van der Waals surface area contributed by atoms with E-state index in [4.69, 9.17) is 5.11 Å². The van der Waals surface area contributed by atoms with Crippen LogP contribution < -0.4 is 9.62 Å². The average Bonchev–Trinajstić information content (AvgIpc) is 3.44. The zero-order chi connectivity index (χ0) is 21.3. The van der Waals surface area contributed by atoms with Gasteiger partial charge in [-0.3, -0.25) is 14.1 Å². The van der Waals surface area contributed by atoms with Gasteiger partial charge in [0.05, 0.1) is 42.0 Å². The van der Waals surface area contributed by atoms with Crippen LogP contribution in [0.3, 0.4) is 0 Å². The van der Waals surface area contributed by atoms with Crippen molar-refractivity contribution >= 4 is 55.5 Å². The lowest BCUT2D eigenvalue weighted by atomic mass is 10.1. The second-order valence-electron chi connectivity index (χ2n) is 6.93. The number of carbonyl (C=O) groups is 1. The van der Waals surface area contributed by atoms with Gasteiger partial charge in [0, 0.05) is 11.7 Å². The topological polar surface area (TPSA) is 99.1 Å². The van der Waals surface area contributed by atoms with E-state index in [9.17, 15) is 17.6 Å². The third kappa shape index (κ3) is 4.06. The van der Waals surface area contributed by atoms with Crippen molar-refractivity contribution in [1.82, 2.24) is 0 Å². The summed E-state index contributed by atoms with van der Waals surface area (Å²) in [6.45, 7) is -0.634. The average molecular weight is 470 g/mol. The highest BCUT2D eigenvalue weighted by Gasteiger charge is 2.35. The monoisotopic (exact) mass is 469 g/mol. The van der Waals surface area contributed by atoms with Crippen LogP contribution in [0.1, 0.15) is 12.0 Å². The molecule has 3 heterocycles. The molecule has 2 aliphatic heterocycles. The van der Waals surface area contributed by atoms with Crippen LogP contribution in [-0.4, -0.2) is 55.6 Å². The molecule has 30 heavy (non-hydrogen) atoms. The van der Waals surface area contributed by atoms with Gasteiger partial charge in [-0.25, -0.2) is 12.8 Å². The molecule has 1 aromatic heterocycles. The van der Waals surface area contributed by atoms with Crippen LogP contribution in [0.4, 0.5) is 15.8 Å². The minimum absolute atomic E-state index is 0.0475. The molecule has 0 fully saturated rings. The number of thioether (sulfide) groups is 1. The van der Waals surface area contributed by atoms with E-state index >= 15 is 0 Å². The molecule has 160 valence electrons. The Kier molecular flexibility index (Phi) is 6.03. The Morgan fingerprint density at radius 2 is 2.17 bits per heavy atom. The second-order valence-corrected chi connectivity index (χ2v) is 11.3. The summed E-state index contributed by atoms with van der Waals surface area (Å²) >= 11 is 2.55. The van der Waals surface area contributed by atoms with Crippen molar-refractivity contribution in [3.8, 4) is 0 Å². The lowest BCUT2D eigenvalue weighted by Crippen LogP contribution is -2.33. The Labute approximate surface area is 182 Å². The molecule has 7 nitrogen and oxygen atoms in total. The normalized spacial score (nSPS) is 20.5. The largest absolute Gasteiger partial charge is 0.481 e. The Bertz CT molecular complexity index is 1070. The summed E-state index contributed by atoms with van der Waals surface area (Å²) in [7, 11) is -3.88. The molecule has 2 N–H and O–H groups in total. The minimum Gasteiger partial charge on any atom is -0.481 e. The van der Waals surface area contributed by atoms with E-state index in [1.54, 1.807) is 23.6 Å². The lowest BCUT2D eigenvalue weighted by Gasteiger charge is -2.25. The summed E-state index contributed by atoms with van der Waals surface area (Å²) < 4.78 is 40.9. The molecule has 0 aliphatic carbocycles. The number of rotatable bonds is 8. The van der Waals surface area contributed by atoms with Crippen molar-refractivity contribution < 1.29 is 22.7 Å². The van der Waals surface area contributed by atoms with Crippen LogP contribution in [0, 0.1) is 0 Å². The molecule has 11 heteroatoms. The molecule has 0 amide bonds. The number of alkyl halides is 1. The number of hydrogen-bond acceptors (Lipinski definition) is 7. The number of para-hydroxylation sites is 1. The molecular weight excluding hydrogens is 449 g/mol. The quantitative estimate of drug-likeness (QED) is 0.616. The number of fused-ring (bicyclic) bond motifs is 1. The van der Waals surface area contributed by atoms with Gasteiger partial charge in [0.25, 0.3) is 10.0 Å². The first-order valence-electron chi connectivity index (χ1n) is 9.33. The standard InChI is InChI=1S/C19H20FN3O4S3/c20-6-7-23(30(26,27)17-5-2-8-28-17)15-4-1-3-12-9-14(22-18(12)15)19-21-11-13(29-19)10-16(24)25/h1-5,8,13-14,22H,6-7,9-11H2,(H,24,25). The number of benzene rings is 1. The number of nitrogens with zero attached hydrogens (tertiary/aromatic N) is 2. The highest BCUT2D eigenvalue weighted by atomic mass is 32.2. The summed E-state index contributed by atoms with van der Waals surface area (Å²) in [6, 6.07) is 8.36. The number of nitrogens with one attached hydrogen (secondary N) is 1.